The molecule has 0 amide bonds. The molecular formula is C16H19NO4. The number of hydrogen-bond acceptors (Lipinski definition) is 5. The maximum atomic E-state index is 5.37. The topological polar surface area (TPSA) is 49.0 Å². The Kier molecular flexibility index (Phi) is 4.77. The molecule has 0 radical (unpaired) electrons. The molecule has 0 aromatic heterocycles. The van der Waals surface area contributed by atoms with Crippen LogP contribution in [-0.4, -0.2) is 28.4 Å². The zero-order valence-corrected chi connectivity index (χ0v) is 12.6. The van der Waals surface area contributed by atoms with Gasteiger partial charge in [-0.3, -0.25) is 0 Å². The van der Waals surface area contributed by atoms with E-state index >= 15 is 0 Å². The molecule has 0 saturated heterocycles. The molecule has 0 fully saturated rings. The van der Waals surface area contributed by atoms with Crippen LogP contribution in [0.5, 0.6) is 23.0 Å². The lowest BCUT2D eigenvalue weighted by Gasteiger charge is -2.14. The molecule has 2 aromatic carbocycles. The maximum absolute atomic E-state index is 5.37. The Morgan fingerprint density at radius 2 is 1.29 bits per heavy atom. The Morgan fingerprint density at radius 1 is 0.667 bits per heavy atom. The summed E-state index contributed by atoms with van der Waals surface area (Å²) in [5.41, 5.74) is 1.67. The fourth-order valence-corrected chi connectivity index (χ4v) is 1.94. The monoisotopic (exact) mass is 289 g/mol. The van der Waals surface area contributed by atoms with Crippen LogP contribution in [0.3, 0.4) is 0 Å². The highest BCUT2D eigenvalue weighted by Gasteiger charge is 2.07. The van der Waals surface area contributed by atoms with E-state index in [0.717, 1.165) is 17.1 Å². The Morgan fingerprint density at radius 3 is 1.81 bits per heavy atom. The van der Waals surface area contributed by atoms with Crippen molar-refractivity contribution in [2.24, 2.45) is 0 Å². The van der Waals surface area contributed by atoms with Gasteiger partial charge in [-0.2, -0.15) is 0 Å². The number of benzene rings is 2. The van der Waals surface area contributed by atoms with Crippen molar-refractivity contribution in [3.05, 3.63) is 36.4 Å². The van der Waals surface area contributed by atoms with E-state index in [1.165, 1.54) is 0 Å². The smallest absolute Gasteiger partial charge is 0.145 e. The van der Waals surface area contributed by atoms with Gasteiger partial charge in [0.05, 0.1) is 34.1 Å². The zero-order chi connectivity index (χ0) is 15.2. The third-order valence-electron chi connectivity index (χ3n) is 3.04. The van der Waals surface area contributed by atoms with Gasteiger partial charge in [0.1, 0.15) is 23.0 Å². The summed E-state index contributed by atoms with van der Waals surface area (Å²) in [6.07, 6.45) is 0. The average Bonchev–Trinajstić information content (AvgIpc) is 2.54. The number of anilines is 2. The van der Waals surface area contributed by atoms with E-state index in [9.17, 15) is 0 Å². The molecule has 5 nitrogen and oxygen atoms in total. The van der Waals surface area contributed by atoms with Gasteiger partial charge >= 0.3 is 0 Å². The molecular weight excluding hydrogens is 270 g/mol. The van der Waals surface area contributed by atoms with Crippen molar-refractivity contribution in [1.82, 2.24) is 0 Å². The van der Waals surface area contributed by atoms with Crippen LogP contribution in [-0.2, 0) is 0 Å². The van der Waals surface area contributed by atoms with Gasteiger partial charge in [0.15, 0.2) is 0 Å². The summed E-state index contributed by atoms with van der Waals surface area (Å²) in [6.45, 7) is 0. The van der Waals surface area contributed by atoms with Crippen LogP contribution in [0.4, 0.5) is 11.4 Å². The van der Waals surface area contributed by atoms with E-state index in [-0.39, 0.29) is 0 Å². The lowest BCUT2D eigenvalue weighted by atomic mass is 10.2. The predicted molar refractivity (Wildman–Crippen MR) is 82.4 cm³/mol. The molecule has 0 aliphatic carbocycles. The minimum absolute atomic E-state index is 0.691. The normalized spacial score (nSPS) is 9.90. The molecule has 0 aliphatic rings. The van der Waals surface area contributed by atoms with E-state index in [0.29, 0.717) is 17.2 Å². The highest BCUT2D eigenvalue weighted by Crippen LogP contribution is 2.34. The molecule has 0 atom stereocenters. The lowest BCUT2D eigenvalue weighted by Crippen LogP contribution is -1.97. The minimum Gasteiger partial charge on any atom is -0.497 e. The molecule has 0 bridgehead atoms. The number of nitrogens with one attached hydrogen (secondary N) is 1. The van der Waals surface area contributed by atoms with Crippen molar-refractivity contribution in [2.75, 3.05) is 33.8 Å². The fourth-order valence-electron chi connectivity index (χ4n) is 1.94. The molecule has 0 heterocycles. The van der Waals surface area contributed by atoms with Crippen molar-refractivity contribution in [3.8, 4) is 23.0 Å². The van der Waals surface area contributed by atoms with Crippen LogP contribution in [0.25, 0.3) is 0 Å². The fraction of sp³-hybridized carbons (Fsp3) is 0.250. The van der Waals surface area contributed by atoms with Crippen molar-refractivity contribution in [2.45, 2.75) is 0 Å². The van der Waals surface area contributed by atoms with E-state index in [1.54, 1.807) is 28.4 Å². The minimum atomic E-state index is 0.691. The van der Waals surface area contributed by atoms with Crippen molar-refractivity contribution >= 4 is 11.4 Å². The maximum Gasteiger partial charge on any atom is 0.145 e. The summed E-state index contributed by atoms with van der Waals surface area (Å²) >= 11 is 0. The number of hydrogen-bond donors (Lipinski definition) is 1. The standard InChI is InChI=1S/C16H19NO4/c1-18-12-5-6-15(16(10-12)21-4)17-11-7-13(19-2)9-14(8-11)20-3/h5-10,17H,1-4H3. The van der Waals surface area contributed by atoms with Gasteiger partial charge in [0.2, 0.25) is 0 Å². The largest absolute Gasteiger partial charge is 0.497 e. The van der Waals surface area contributed by atoms with E-state index in [1.807, 2.05) is 36.4 Å². The van der Waals surface area contributed by atoms with E-state index in [4.69, 9.17) is 18.9 Å². The second-order valence-corrected chi connectivity index (χ2v) is 4.29. The molecule has 2 aromatic rings. The second-order valence-electron chi connectivity index (χ2n) is 4.29. The molecule has 112 valence electrons. The Bertz CT molecular complexity index is 591. The Balaban J connectivity index is 2.33. The summed E-state index contributed by atoms with van der Waals surface area (Å²) in [4.78, 5) is 0. The van der Waals surface area contributed by atoms with Gasteiger partial charge in [-0.15, -0.1) is 0 Å². The first-order chi connectivity index (χ1) is 10.2. The van der Waals surface area contributed by atoms with E-state index < -0.39 is 0 Å². The van der Waals surface area contributed by atoms with Gasteiger partial charge in [0.25, 0.3) is 0 Å². The van der Waals surface area contributed by atoms with Crippen LogP contribution in [0, 0.1) is 0 Å². The van der Waals surface area contributed by atoms with Crippen LogP contribution in [0.1, 0.15) is 0 Å². The molecule has 0 spiro atoms. The van der Waals surface area contributed by atoms with Gasteiger partial charge < -0.3 is 24.3 Å². The van der Waals surface area contributed by atoms with Crippen LogP contribution < -0.4 is 24.3 Å². The summed E-state index contributed by atoms with van der Waals surface area (Å²) in [5, 5.41) is 3.28. The summed E-state index contributed by atoms with van der Waals surface area (Å²) < 4.78 is 21.1. The van der Waals surface area contributed by atoms with Crippen molar-refractivity contribution < 1.29 is 18.9 Å². The summed E-state index contributed by atoms with van der Waals surface area (Å²) in [6, 6.07) is 11.2. The first kappa shape index (κ1) is 14.8. The number of rotatable bonds is 6. The number of methoxy groups -OCH3 is 4. The molecule has 2 rings (SSSR count). The van der Waals surface area contributed by atoms with Gasteiger partial charge in [0, 0.05) is 30.0 Å². The zero-order valence-electron chi connectivity index (χ0n) is 12.6. The van der Waals surface area contributed by atoms with Gasteiger partial charge in [-0.05, 0) is 12.1 Å². The molecule has 1 N–H and O–H groups in total. The van der Waals surface area contributed by atoms with Crippen LogP contribution >= 0.6 is 0 Å². The first-order valence-corrected chi connectivity index (χ1v) is 6.42. The van der Waals surface area contributed by atoms with Crippen LogP contribution in [0.15, 0.2) is 36.4 Å². The molecule has 0 saturated carbocycles. The first-order valence-electron chi connectivity index (χ1n) is 6.42. The molecule has 5 heteroatoms. The van der Waals surface area contributed by atoms with Crippen molar-refractivity contribution in [1.29, 1.82) is 0 Å². The lowest BCUT2D eigenvalue weighted by molar-refractivity contribution is 0.394. The highest BCUT2D eigenvalue weighted by atomic mass is 16.5. The van der Waals surface area contributed by atoms with Gasteiger partial charge in [-0.1, -0.05) is 0 Å². The number of ether oxygens (including phenoxy) is 4. The molecule has 0 aliphatic heterocycles. The average molecular weight is 289 g/mol. The second kappa shape index (κ2) is 6.74. The third-order valence-corrected chi connectivity index (χ3v) is 3.04. The van der Waals surface area contributed by atoms with Crippen molar-refractivity contribution in [3.63, 3.8) is 0 Å². The third kappa shape index (κ3) is 3.51. The summed E-state index contributed by atoms with van der Waals surface area (Å²) in [5.74, 6) is 2.85. The summed E-state index contributed by atoms with van der Waals surface area (Å²) in [7, 11) is 6.47. The Labute approximate surface area is 124 Å². The van der Waals surface area contributed by atoms with E-state index in [2.05, 4.69) is 5.32 Å². The van der Waals surface area contributed by atoms with Crippen LogP contribution in [0.2, 0.25) is 0 Å². The predicted octanol–water partition coefficient (Wildman–Crippen LogP) is 3.46. The molecule has 21 heavy (non-hydrogen) atoms. The quantitative estimate of drug-likeness (QED) is 0.882. The SMILES string of the molecule is COc1cc(Nc2ccc(OC)cc2OC)cc(OC)c1. The Hall–Kier alpha value is -2.56. The highest BCUT2D eigenvalue weighted by molar-refractivity contribution is 5.69. The molecule has 0 unspecified atom stereocenters. The van der Waals surface area contributed by atoms with Gasteiger partial charge in [-0.25, -0.2) is 0 Å².